The normalized spacial score (nSPS) is 12.6. The van der Waals surface area contributed by atoms with E-state index in [0.717, 1.165) is 25.2 Å². The Labute approximate surface area is 112 Å². The first-order chi connectivity index (χ1) is 9.22. The van der Waals surface area contributed by atoms with Crippen molar-refractivity contribution in [2.24, 2.45) is 7.05 Å². The fourth-order valence-electron chi connectivity index (χ4n) is 2.19. The van der Waals surface area contributed by atoms with Crippen molar-refractivity contribution >= 4 is 0 Å². The molecule has 0 fully saturated rings. The van der Waals surface area contributed by atoms with Crippen LogP contribution in [0.3, 0.4) is 0 Å². The molecule has 0 amide bonds. The topological polar surface area (TPSA) is 42.7 Å². The lowest BCUT2D eigenvalue weighted by atomic mass is 10.0. The third-order valence-corrected chi connectivity index (χ3v) is 3.21. The Hall–Kier alpha value is -1.75. The third-order valence-electron chi connectivity index (χ3n) is 3.21. The van der Waals surface area contributed by atoms with Gasteiger partial charge < -0.3 is 9.88 Å². The Morgan fingerprint density at radius 3 is 2.89 bits per heavy atom. The largest absolute Gasteiger partial charge is 0.338 e. The highest BCUT2D eigenvalue weighted by molar-refractivity contribution is 5.17. The van der Waals surface area contributed by atoms with E-state index in [9.17, 15) is 4.39 Å². The maximum atomic E-state index is 13.8. The monoisotopic (exact) mass is 262 g/mol. The highest BCUT2D eigenvalue weighted by Gasteiger charge is 2.15. The van der Waals surface area contributed by atoms with Gasteiger partial charge in [0.15, 0.2) is 0 Å². The summed E-state index contributed by atoms with van der Waals surface area (Å²) in [7, 11) is 1.97. The quantitative estimate of drug-likeness (QED) is 0.868. The molecule has 1 atom stereocenters. The summed E-state index contributed by atoms with van der Waals surface area (Å²) in [5.74, 6) is 0.755. The fraction of sp³-hybridized carbons (Fsp3) is 0.429. The van der Waals surface area contributed by atoms with Crippen LogP contribution in [-0.2, 0) is 13.5 Å². The second-order valence-corrected chi connectivity index (χ2v) is 4.50. The van der Waals surface area contributed by atoms with Crippen molar-refractivity contribution in [2.75, 3.05) is 6.54 Å². The third kappa shape index (κ3) is 3.38. The minimum atomic E-state index is -0.256. The number of aryl methyl sites for hydroxylation is 2. The zero-order valence-electron chi connectivity index (χ0n) is 11.3. The molecule has 0 bridgehead atoms. The molecule has 2 aromatic heterocycles. The highest BCUT2D eigenvalue weighted by atomic mass is 19.1. The van der Waals surface area contributed by atoms with Crippen LogP contribution in [-0.4, -0.2) is 21.1 Å². The molecular formula is C14H19FN4. The van der Waals surface area contributed by atoms with E-state index >= 15 is 0 Å². The number of halogens is 1. The minimum Gasteiger partial charge on any atom is -0.338 e. The van der Waals surface area contributed by atoms with Gasteiger partial charge in [-0.05, 0) is 19.0 Å². The summed E-state index contributed by atoms with van der Waals surface area (Å²) in [6, 6.07) is 1.73. The molecule has 2 aromatic rings. The lowest BCUT2D eigenvalue weighted by Crippen LogP contribution is -2.23. The standard InChI is InChI=1S/C14H19FN4/c1-3-17-13(11-6-7-16-10-12(11)15)4-5-14-18-8-9-19(14)2/h6-10,13,17H,3-5H2,1-2H3. The highest BCUT2D eigenvalue weighted by Crippen LogP contribution is 2.20. The van der Waals surface area contributed by atoms with E-state index in [1.807, 2.05) is 24.7 Å². The number of aromatic nitrogens is 3. The Bertz CT molecular complexity index is 524. The van der Waals surface area contributed by atoms with Gasteiger partial charge in [-0.1, -0.05) is 6.92 Å². The van der Waals surface area contributed by atoms with Crippen molar-refractivity contribution in [3.8, 4) is 0 Å². The van der Waals surface area contributed by atoms with Crippen LogP contribution in [0.4, 0.5) is 4.39 Å². The smallest absolute Gasteiger partial charge is 0.146 e. The van der Waals surface area contributed by atoms with Gasteiger partial charge in [-0.15, -0.1) is 0 Å². The molecule has 5 heteroatoms. The van der Waals surface area contributed by atoms with Crippen LogP contribution in [0.5, 0.6) is 0 Å². The first-order valence-electron chi connectivity index (χ1n) is 6.51. The van der Waals surface area contributed by atoms with Crippen molar-refractivity contribution < 1.29 is 4.39 Å². The van der Waals surface area contributed by atoms with Crippen LogP contribution >= 0.6 is 0 Å². The van der Waals surface area contributed by atoms with Crippen molar-refractivity contribution in [1.82, 2.24) is 19.9 Å². The molecule has 0 aromatic carbocycles. The fourth-order valence-corrected chi connectivity index (χ4v) is 2.19. The van der Waals surface area contributed by atoms with Crippen LogP contribution in [0.25, 0.3) is 0 Å². The minimum absolute atomic E-state index is 0.00954. The molecule has 1 unspecified atom stereocenters. The van der Waals surface area contributed by atoms with Crippen LogP contribution in [0, 0.1) is 5.82 Å². The molecule has 0 radical (unpaired) electrons. The number of imidazole rings is 1. The predicted molar refractivity (Wildman–Crippen MR) is 72.1 cm³/mol. The summed E-state index contributed by atoms with van der Waals surface area (Å²) in [5, 5.41) is 3.32. The molecule has 102 valence electrons. The zero-order chi connectivity index (χ0) is 13.7. The predicted octanol–water partition coefficient (Wildman–Crippen LogP) is 2.24. The average Bonchev–Trinajstić information content (AvgIpc) is 2.81. The van der Waals surface area contributed by atoms with Crippen molar-refractivity contribution in [2.45, 2.75) is 25.8 Å². The molecule has 4 nitrogen and oxygen atoms in total. The van der Waals surface area contributed by atoms with Crippen molar-refractivity contribution in [3.05, 3.63) is 48.1 Å². The molecule has 19 heavy (non-hydrogen) atoms. The van der Waals surface area contributed by atoms with E-state index in [4.69, 9.17) is 0 Å². The summed E-state index contributed by atoms with van der Waals surface area (Å²) in [5.41, 5.74) is 0.672. The average molecular weight is 262 g/mol. The number of hydrogen-bond acceptors (Lipinski definition) is 3. The molecular weight excluding hydrogens is 243 g/mol. The van der Waals surface area contributed by atoms with Crippen molar-refractivity contribution in [3.63, 3.8) is 0 Å². The van der Waals surface area contributed by atoms with E-state index in [-0.39, 0.29) is 11.9 Å². The Morgan fingerprint density at radius 2 is 2.26 bits per heavy atom. The van der Waals surface area contributed by atoms with Crippen molar-refractivity contribution in [1.29, 1.82) is 0 Å². The van der Waals surface area contributed by atoms with E-state index in [1.54, 1.807) is 18.5 Å². The number of hydrogen-bond donors (Lipinski definition) is 1. The number of nitrogens with zero attached hydrogens (tertiary/aromatic N) is 3. The molecule has 0 aliphatic carbocycles. The lowest BCUT2D eigenvalue weighted by Gasteiger charge is -2.18. The second-order valence-electron chi connectivity index (χ2n) is 4.50. The molecule has 0 saturated heterocycles. The van der Waals surface area contributed by atoms with Gasteiger partial charge in [0, 0.05) is 43.7 Å². The number of pyridine rings is 1. The molecule has 0 aliphatic rings. The number of rotatable bonds is 6. The summed E-state index contributed by atoms with van der Waals surface area (Å²) < 4.78 is 15.8. The van der Waals surface area contributed by atoms with Crippen LogP contribution < -0.4 is 5.32 Å². The van der Waals surface area contributed by atoms with Gasteiger partial charge in [0.25, 0.3) is 0 Å². The van der Waals surface area contributed by atoms with Gasteiger partial charge in [0.2, 0.25) is 0 Å². The molecule has 2 heterocycles. The summed E-state index contributed by atoms with van der Waals surface area (Å²) in [6.45, 7) is 2.82. The first kappa shape index (κ1) is 13.7. The van der Waals surface area contributed by atoms with Gasteiger partial charge in [-0.2, -0.15) is 0 Å². The molecule has 2 rings (SSSR count). The van der Waals surface area contributed by atoms with Crippen LogP contribution in [0.15, 0.2) is 30.9 Å². The second kappa shape index (κ2) is 6.43. The summed E-state index contributed by atoms with van der Waals surface area (Å²) >= 11 is 0. The SMILES string of the molecule is CCNC(CCc1nccn1C)c1ccncc1F. The van der Waals surface area contributed by atoms with Crippen LogP contribution in [0.2, 0.25) is 0 Å². The number of nitrogens with one attached hydrogen (secondary N) is 1. The van der Waals surface area contributed by atoms with Gasteiger partial charge in [-0.25, -0.2) is 9.37 Å². The molecule has 0 aliphatic heterocycles. The van der Waals surface area contributed by atoms with E-state index < -0.39 is 0 Å². The summed E-state index contributed by atoms with van der Waals surface area (Å²) in [6.07, 6.45) is 8.21. The first-order valence-corrected chi connectivity index (χ1v) is 6.51. The van der Waals surface area contributed by atoms with E-state index in [0.29, 0.717) is 5.56 Å². The Morgan fingerprint density at radius 1 is 1.42 bits per heavy atom. The van der Waals surface area contributed by atoms with E-state index in [1.165, 1.54) is 6.20 Å². The van der Waals surface area contributed by atoms with Crippen LogP contribution in [0.1, 0.15) is 30.8 Å². The molecule has 0 spiro atoms. The summed E-state index contributed by atoms with van der Waals surface area (Å²) in [4.78, 5) is 8.09. The van der Waals surface area contributed by atoms with Gasteiger partial charge in [-0.3, -0.25) is 4.98 Å². The molecule has 1 N–H and O–H groups in total. The zero-order valence-corrected chi connectivity index (χ0v) is 11.3. The molecule has 0 saturated carbocycles. The maximum Gasteiger partial charge on any atom is 0.146 e. The lowest BCUT2D eigenvalue weighted by molar-refractivity contribution is 0.477. The Balaban J connectivity index is 2.09. The van der Waals surface area contributed by atoms with Gasteiger partial charge in [0.1, 0.15) is 11.6 Å². The van der Waals surface area contributed by atoms with E-state index in [2.05, 4.69) is 15.3 Å². The van der Waals surface area contributed by atoms with Gasteiger partial charge in [0.05, 0.1) is 6.20 Å². The van der Waals surface area contributed by atoms with Gasteiger partial charge >= 0.3 is 0 Å². The Kier molecular flexibility index (Phi) is 4.63. The maximum absolute atomic E-state index is 13.8.